The lowest BCUT2D eigenvalue weighted by Gasteiger charge is -2.15. The fourth-order valence-electron chi connectivity index (χ4n) is 2.17. The monoisotopic (exact) mass is 352 g/mol. The van der Waals surface area contributed by atoms with E-state index < -0.39 is 6.10 Å². The summed E-state index contributed by atoms with van der Waals surface area (Å²) in [7, 11) is 0. The summed E-state index contributed by atoms with van der Waals surface area (Å²) < 4.78 is 1.19. The lowest BCUT2D eigenvalue weighted by molar-refractivity contribution is 0.178. The molecule has 0 amide bonds. The molecule has 0 aromatic heterocycles. The van der Waals surface area contributed by atoms with Crippen molar-refractivity contribution in [3.05, 3.63) is 68.3 Å². The highest BCUT2D eigenvalue weighted by Crippen LogP contribution is 2.23. The van der Waals surface area contributed by atoms with Crippen molar-refractivity contribution in [1.29, 1.82) is 0 Å². The summed E-state index contributed by atoms with van der Waals surface area (Å²) >= 11 is 2.27. The zero-order chi connectivity index (χ0) is 13.1. The summed E-state index contributed by atoms with van der Waals surface area (Å²) in [5, 5.41) is 10.3. The third-order valence-electron chi connectivity index (χ3n) is 3.30. The van der Waals surface area contributed by atoms with Crippen molar-refractivity contribution in [3.63, 3.8) is 0 Å². The van der Waals surface area contributed by atoms with E-state index in [1.165, 1.54) is 20.3 Å². The van der Waals surface area contributed by atoms with Gasteiger partial charge in [-0.3, -0.25) is 0 Å². The molecule has 2 heteroatoms. The minimum Gasteiger partial charge on any atom is -0.388 e. The number of rotatable bonds is 3. The largest absolute Gasteiger partial charge is 0.388 e. The van der Waals surface area contributed by atoms with E-state index in [-0.39, 0.29) is 0 Å². The van der Waals surface area contributed by atoms with Crippen LogP contribution in [0, 0.1) is 17.4 Å². The Labute approximate surface area is 122 Å². The van der Waals surface area contributed by atoms with Crippen molar-refractivity contribution in [2.45, 2.75) is 26.4 Å². The third kappa shape index (κ3) is 3.12. The Morgan fingerprint density at radius 1 is 1.00 bits per heavy atom. The van der Waals surface area contributed by atoms with Gasteiger partial charge in [0.2, 0.25) is 0 Å². The van der Waals surface area contributed by atoms with Gasteiger partial charge in [0.25, 0.3) is 0 Å². The molecule has 0 radical (unpaired) electrons. The van der Waals surface area contributed by atoms with Gasteiger partial charge in [0, 0.05) is 9.99 Å². The Bertz CT molecular complexity index is 511. The smallest absolute Gasteiger partial charge is 0.0830 e. The van der Waals surface area contributed by atoms with E-state index in [0.717, 1.165) is 5.56 Å². The van der Waals surface area contributed by atoms with Crippen LogP contribution in [0.1, 0.15) is 28.4 Å². The van der Waals surface area contributed by atoms with Gasteiger partial charge in [0.1, 0.15) is 0 Å². The van der Waals surface area contributed by atoms with Crippen LogP contribution in [-0.4, -0.2) is 5.11 Å². The molecule has 2 aromatic rings. The van der Waals surface area contributed by atoms with Gasteiger partial charge in [-0.1, -0.05) is 30.3 Å². The average Bonchev–Trinajstić information content (AvgIpc) is 2.34. The van der Waals surface area contributed by atoms with Crippen LogP contribution in [0.2, 0.25) is 0 Å². The Morgan fingerprint density at radius 2 is 1.56 bits per heavy atom. The zero-order valence-corrected chi connectivity index (χ0v) is 12.8. The zero-order valence-electron chi connectivity index (χ0n) is 10.7. The number of hydrogen-bond acceptors (Lipinski definition) is 1. The Balaban J connectivity index is 2.21. The summed E-state index contributed by atoms with van der Waals surface area (Å²) in [6.07, 6.45) is 0.251. The first-order chi connectivity index (χ1) is 8.58. The standard InChI is InChI=1S/C16H17IO/c1-11-4-3-5-12(2)15(11)10-16(18)13-6-8-14(17)9-7-13/h3-9,16,18H,10H2,1-2H3. The van der Waals surface area contributed by atoms with Gasteiger partial charge in [0.05, 0.1) is 6.10 Å². The van der Waals surface area contributed by atoms with E-state index in [2.05, 4.69) is 54.6 Å². The molecular formula is C16H17IO. The molecule has 94 valence electrons. The molecule has 18 heavy (non-hydrogen) atoms. The maximum absolute atomic E-state index is 10.3. The number of hydrogen-bond donors (Lipinski definition) is 1. The fourth-order valence-corrected chi connectivity index (χ4v) is 2.53. The number of aliphatic hydroxyl groups is 1. The van der Waals surface area contributed by atoms with Crippen LogP contribution in [-0.2, 0) is 6.42 Å². The van der Waals surface area contributed by atoms with Crippen LogP contribution in [0.25, 0.3) is 0 Å². The molecule has 2 rings (SSSR count). The van der Waals surface area contributed by atoms with Crippen LogP contribution < -0.4 is 0 Å². The molecule has 0 heterocycles. The van der Waals surface area contributed by atoms with E-state index in [1.54, 1.807) is 0 Å². The van der Waals surface area contributed by atoms with Gasteiger partial charge in [-0.2, -0.15) is 0 Å². The Kier molecular flexibility index (Phi) is 4.40. The van der Waals surface area contributed by atoms with Crippen molar-refractivity contribution >= 4 is 22.6 Å². The summed E-state index contributed by atoms with van der Waals surface area (Å²) in [6, 6.07) is 14.3. The summed E-state index contributed by atoms with van der Waals surface area (Å²) in [4.78, 5) is 0. The molecule has 1 N–H and O–H groups in total. The van der Waals surface area contributed by atoms with E-state index in [0.29, 0.717) is 6.42 Å². The van der Waals surface area contributed by atoms with Gasteiger partial charge >= 0.3 is 0 Å². The van der Waals surface area contributed by atoms with E-state index >= 15 is 0 Å². The molecule has 0 fully saturated rings. The summed E-state index contributed by atoms with van der Waals surface area (Å²) in [6.45, 7) is 4.20. The predicted molar refractivity (Wildman–Crippen MR) is 83.7 cm³/mol. The Hall–Kier alpha value is -0.870. The number of benzene rings is 2. The van der Waals surface area contributed by atoms with Gasteiger partial charge < -0.3 is 5.11 Å². The minimum atomic E-state index is -0.429. The third-order valence-corrected chi connectivity index (χ3v) is 4.02. The molecule has 0 aliphatic rings. The molecule has 2 aromatic carbocycles. The van der Waals surface area contributed by atoms with Crippen LogP contribution in [0.15, 0.2) is 42.5 Å². The van der Waals surface area contributed by atoms with E-state index in [1.807, 2.05) is 24.3 Å². The molecule has 0 aliphatic carbocycles. The lowest BCUT2D eigenvalue weighted by Crippen LogP contribution is -2.04. The second-order valence-electron chi connectivity index (χ2n) is 4.64. The number of halogens is 1. The highest BCUT2D eigenvalue weighted by Gasteiger charge is 2.11. The maximum atomic E-state index is 10.3. The number of aryl methyl sites for hydroxylation is 2. The van der Waals surface area contributed by atoms with Crippen molar-refractivity contribution in [1.82, 2.24) is 0 Å². The normalized spacial score (nSPS) is 12.4. The van der Waals surface area contributed by atoms with Crippen LogP contribution in [0.4, 0.5) is 0 Å². The SMILES string of the molecule is Cc1cccc(C)c1CC(O)c1ccc(I)cc1. The van der Waals surface area contributed by atoms with E-state index in [4.69, 9.17) is 0 Å². The number of aliphatic hydroxyl groups excluding tert-OH is 1. The van der Waals surface area contributed by atoms with E-state index in [9.17, 15) is 5.11 Å². The van der Waals surface area contributed by atoms with Crippen molar-refractivity contribution < 1.29 is 5.11 Å². The van der Waals surface area contributed by atoms with Gasteiger partial charge in [-0.15, -0.1) is 0 Å². The second-order valence-corrected chi connectivity index (χ2v) is 5.89. The van der Waals surface area contributed by atoms with Crippen LogP contribution >= 0.6 is 22.6 Å². The van der Waals surface area contributed by atoms with Crippen molar-refractivity contribution in [2.75, 3.05) is 0 Å². The van der Waals surface area contributed by atoms with Gasteiger partial charge in [0.15, 0.2) is 0 Å². The average molecular weight is 352 g/mol. The highest BCUT2D eigenvalue weighted by molar-refractivity contribution is 14.1. The van der Waals surface area contributed by atoms with Crippen LogP contribution in [0.5, 0.6) is 0 Å². The maximum Gasteiger partial charge on any atom is 0.0830 e. The molecular weight excluding hydrogens is 335 g/mol. The topological polar surface area (TPSA) is 20.2 Å². The second kappa shape index (κ2) is 5.85. The molecule has 0 spiro atoms. The molecule has 1 unspecified atom stereocenters. The summed E-state index contributed by atoms with van der Waals surface area (Å²) in [5.41, 5.74) is 4.74. The van der Waals surface area contributed by atoms with Gasteiger partial charge in [-0.25, -0.2) is 0 Å². The lowest BCUT2D eigenvalue weighted by atomic mass is 9.95. The van der Waals surface area contributed by atoms with Crippen molar-refractivity contribution in [2.24, 2.45) is 0 Å². The molecule has 1 nitrogen and oxygen atoms in total. The van der Waals surface area contributed by atoms with Gasteiger partial charge in [-0.05, 0) is 70.8 Å². The molecule has 0 saturated carbocycles. The highest BCUT2D eigenvalue weighted by atomic mass is 127. The minimum absolute atomic E-state index is 0.429. The first-order valence-corrected chi connectivity index (χ1v) is 7.14. The Morgan fingerprint density at radius 3 is 2.11 bits per heavy atom. The predicted octanol–water partition coefficient (Wildman–Crippen LogP) is 4.18. The molecule has 1 atom stereocenters. The molecule has 0 saturated heterocycles. The summed E-state index contributed by atoms with van der Waals surface area (Å²) in [5.74, 6) is 0. The van der Waals surface area contributed by atoms with Crippen LogP contribution in [0.3, 0.4) is 0 Å². The van der Waals surface area contributed by atoms with Crippen molar-refractivity contribution in [3.8, 4) is 0 Å². The first-order valence-electron chi connectivity index (χ1n) is 6.06. The quantitative estimate of drug-likeness (QED) is 0.822. The molecule has 0 bridgehead atoms. The first kappa shape index (κ1) is 13.6. The molecule has 0 aliphatic heterocycles. The fraction of sp³-hybridized carbons (Fsp3) is 0.250.